The Morgan fingerprint density at radius 1 is 1.10 bits per heavy atom. The zero-order valence-corrected chi connectivity index (χ0v) is 12.5. The molecule has 0 amide bonds. The second kappa shape index (κ2) is 4.48. The van der Waals surface area contributed by atoms with E-state index in [1.165, 1.54) is 6.92 Å². The second-order valence-corrected chi connectivity index (χ2v) is 6.26. The maximum atomic E-state index is 13.0. The molecular formula is C18H18O3. The van der Waals surface area contributed by atoms with E-state index in [0.29, 0.717) is 24.0 Å². The number of hydrogen-bond acceptors (Lipinski definition) is 3. The predicted molar refractivity (Wildman–Crippen MR) is 79.3 cm³/mol. The Morgan fingerprint density at radius 3 is 2.33 bits per heavy atom. The highest BCUT2D eigenvalue weighted by molar-refractivity contribution is 6.25. The highest BCUT2D eigenvalue weighted by Crippen LogP contribution is 2.51. The van der Waals surface area contributed by atoms with E-state index in [0.717, 1.165) is 11.1 Å². The Morgan fingerprint density at radius 2 is 1.71 bits per heavy atom. The fraction of sp³-hybridized carbons (Fsp3) is 0.389. The van der Waals surface area contributed by atoms with Crippen LogP contribution in [0.25, 0.3) is 0 Å². The number of rotatable bonds is 1. The number of ketones is 3. The summed E-state index contributed by atoms with van der Waals surface area (Å²) in [5.41, 5.74) is 1.87. The first kappa shape index (κ1) is 13.9. The summed E-state index contributed by atoms with van der Waals surface area (Å²) in [5.74, 6) is -0.970. The average molecular weight is 282 g/mol. The average Bonchev–Trinajstić information content (AvgIpc) is 2.46. The SMILES string of the molecule is CC(=O)[C@]12CC(C)=C(C)C[C@H]1C(=O)c1ccccc1C2=O. The number of Topliss-reactive ketones (excluding diaryl/α,β-unsaturated/α-hetero) is 3. The van der Waals surface area contributed by atoms with Gasteiger partial charge in [-0.15, -0.1) is 0 Å². The summed E-state index contributed by atoms with van der Waals surface area (Å²) in [6, 6.07) is 6.87. The van der Waals surface area contributed by atoms with Gasteiger partial charge in [-0.05, 0) is 33.6 Å². The van der Waals surface area contributed by atoms with Crippen LogP contribution in [0.5, 0.6) is 0 Å². The molecule has 2 aliphatic carbocycles. The zero-order valence-electron chi connectivity index (χ0n) is 12.5. The molecule has 108 valence electrons. The lowest BCUT2D eigenvalue weighted by atomic mass is 9.54. The summed E-state index contributed by atoms with van der Waals surface area (Å²) in [6.45, 7) is 5.38. The lowest BCUT2D eigenvalue weighted by Gasteiger charge is -2.44. The van der Waals surface area contributed by atoms with E-state index < -0.39 is 11.3 Å². The van der Waals surface area contributed by atoms with Gasteiger partial charge in [0.25, 0.3) is 0 Å². The fourth-order valence-corrected chi connectivity index (χ4v) is 3.76. The first-order valence-corrected chi connectivity index (χ1v) is 7.24. The molecule has 0 spiro atoms. The molecule has 3 rings (SSSR count). The van der Waals surface area contributed by atoms with Crippen molar-refractivity contribution in [2.75, 3.05) is 0 Å². The van der Waals surface area contributed by atoms with Crippen LogP contribution >= 0.6 is 0 Å². The van der Waals surface area contributed by atoms with Crippen LogP contribution in [0.1, 0.15) is 54.3 Å². The first-order chi connectivity index (χ1) is 9.89. The molecule has 0 radical (unpaired) electrons. The largest absolute Gasteiger partial charge is 0.299 e. The summed E-state index contributed by atoms with van der Waals surface area (Å²) >= 11 is 0. The Labute approximate surface area is 124 Å². The van der Waals surface area contributed by atoms with Crippen molar-refractivity contribution in [3.05, 3.63) is 46.5 Å². The molecule has 2 atom stereocenters. The molecule has 0 unspecified atom stereocenters. The monoisotopic (exact) mass is 282 g/mol. The van der Waals surface area contributed by atoms with Crippen molar-refractivity contribution >= 4 is 17.3 Å². The van der Waals surface area contributed by atoms with Gasteiger partial charge in [0, 0.05) is 17.0 Å². The number of carbonyl (C=O) groups excluding carboxylic acids is 3. The number of allylic oxidation sites excluding steroid dienone is 2. The molecular weight excluding hydrogens is 264 g/mol. The van der Waals surface area contributed by atoms with Crippen molar-refractivity contribution in [1.29, 1.82) is 0 Å². The molecule has 0 heterocycles. The van der Waals surface area contributed by atoms with E-state index in [1.807, 2.05) is 13.8 Å². The highest BCUT2D eigenvalue weighted by Gasteiger charge is 2.57. The molecule has 0 fully saturated rings. The minimum absolute atomic E-state index is 0.0627. The minimum atomic E-state index is -1.19. The number of benzene rings is 1. The van der Waals surface area contributed by atoms with Gasteiger partial charge in [-0.3, -0.25) is 14.4 Å². The van der Waals surface area contributed by atoms with Gasteiger partial charge in [0.1, 0.15) is 11.2 Å². The van der Waals surface area contributed by atoms with Crippen molar-refractivity contribution in [2.45, 2.75) is 33.6 Å². The van der Waals surface area contributed by atoms with E-state index in [2.05, 4.69) is 0 Å². The van der Waals surface area contributed by atoms with Crippen molar-refractivity contribution < 1.29 is 14.4 Å². The lowest BCUT2D eigenvalue weighted by Crippen LogP contribution is -2.53. The van der Waals surface area contributed by atoms with Gasteiger partial charge in [0.05, 0.1) is 0 Å². The van der Waals surface area contributed by atoms with Gasteiger partial charge in [-0.25, -0.2) is 0 Å². The quantitative estimate of drug-likeness (QED) is 0.586. The van der Waals surface area contributed by atoms with E-state index >= 15 is 0 Å². The van der Waals surface area contributed by atoms with Crippen molar-refractivity contribution in [2.24, 2.45) is 11.3 Å². The molecule has 3 heteroatoms. The molecule has 0 saturated carbocycles. The number of carbonyl (C=O) groups is 3. The maximum Gasteiger partial charge on any atom is 0.178 e. The van der Waals surface area contributed by atoms with Gasteiger partial charge in [0.15, 0.2) is 11.6 Å². The van der Waals surface area contributed by atoms with E-state index in [1.54, 1.807) is 24.3 Å². The highest BCUT2D eigenvalue weighted by atomic mass is 16.2. The van der Waals surface area contributed by atoms with Crippen molar-refractivity contribution in [3.63, 3.8) is 0 Å². The standard InChI is InChI=1S/C18H18O3/c1-10-8-15-16(20)13-6-4-5-7-14(13)17(21)18(15,12(3)19)9-11(10)2/h4-7,15H,8-9H2,1-3H3/t15-,18+/m0/s1. The molecule has 0 bridgehead atoms. The molecule has 0 N–H and O–H groups in total. The molecule has 21 heavy (non-hydrogen) atoms. The smallest absolute Gasteiger partial charge is 0.178 e. The molecule has 1 aromatic rings. The van der Waals surface area contributed by atoms with Crippen LogP contribution in [0, 0.1) is 11.3 Å². The van der Waals surface area contributed by atoms with Crippen LogP contribution in [0.15, 0.2) is 35.4 Å². The number of fused-ring (bicyclic) bond motifs is 2. The molecule has 1 aromatic carbocycles. The molecule has 2 aliphatic rings. The van der Waals surface area contributed by atoms with Gasteiger partial charge in [0.2, 0.25) is 0 Å². The van der Waals surface area contributed by atoms with Crippen molar-refractivity contribution in [1.82, 2.24) is 0 Å². The maximum absolute atomic E-state index is 13.0. The van der Waals surface area contributed by atoms with Crippen LogP contribution in [0.3, 0.4) is 0 Å². The van der Waals surface area contributed by atoms with E-state index in [9.17, 15) is 14.4 Å². The first-order valence-electron chi connectivity index (χ1n) is 7.24. The molecule has 0 aliphatic heterocycles. The predicted octanol–water partition coefficient (Wildman–Crippen LogP) is 3.39. The fourth-order valence-electron chi connectivity index (χ4n) is 3.76. The van der Waals surface area contributed by atoms with Crippen molar-refractivity contribution in [3.8, 4) is 0 Å². The third-order valence-electron chi connectivity index (χ3n) is 5.16. The van der Waals surface area contributed by atoms with Crippen LogP contribution in [0.2, 0.25) is 0 Å². The summed E-state index contributed by atoms with van der Waals surface area (Å²) in [7, 11) is 0. The lowest BCUT2D eigenvalue weighted by molar-refractivity contribution is -0.126. The van der Waals surface area contributed by atoms with Crippen LogP contribution in [-0.2, 0) is 4.79 Å². The molecule has 3 nitrogen and oxygen atoms in total. The normalized spacial score (nSPS) is 28.2. The van der Waals surface area contributed by atoms with Crippen LogP contribution < -0.4 is 0 Å². The summed E-state index contributed by atoms with van der Waals surface area (Å²) in [5, 5.41) is 0. The summed E-state index contributed by atoms with van der Waals surface area (Å²) in [4.78, 5) is 38.2. The van der Waals surface area contributed by atoms with E-state index in [4.69, 9.17) is 0 Å². The summed E-state index contributed by atoms with van der Waals surface area (Å²) in [6.07, 6.45) is 0.877. The topological polar surface area (TPSA) is 51.2 Å². The minimum Gasteiger partial charge on any atom is -0.299 e. The zero-order chi connectivity index (χ0) is 15.4. The Hall–Kier alpha value is -2.03. The van der Waals surface area contributed by atoms with Gasteiger partial charge in [-0.1, -0.05) is 35.4 Å². The Kier molecular flexibility index (Phi) is 2.97. The van der Waals surface area contributed by atoms with E-state index in [-0.39, 0.29) is 17.3 Å². The van der Waals surface area contributed by atoms with Gasteiger partial charge < -0.3 is 0 Å². The summed E-state index contributed by atoms with van der Waals surface area (Å²) < 4.78 is 0. The third kappa shape index (κ3) is 1.70. The van der Waals surface area contributed by atoms with Crippen LogP contribution in [0.4, 0.5) is 0 Å². The Balaban J connectivity index is 2.29. The molecule has 0 aromatic heterocycles. The van der Waals surface area contributed by atoms with Gasteiger partial charge >= 0.3 is 0 Å². The number of hydrogen-bond donors (Lipinski definition) is 0. The second-order valence-electron chi connectivity index (χ2n) is 6.26. The van der Waals surface area contributed by atoms with Gasteiger partial charge in [-0.2, -0.15) is 0 Å². The van der Waals surface area contributed by atoms with Crippen LogP contribution in [-0.4, -0.2) is 17.3 Å². The Bertz CT molecular complexity index is 711. The third-order valence-corrected chi connectivity index (χ3v) is 5.16. The molecule has 0 saturated heterocycles.